The van der Waals surface area contributed by atoms with E-state index in [1.807, 2.05) is 0 Å². The van der Waals surface area contributed by atoms with E-state index in [1.54, 1.807) is 43.5 Å². The Morgan fingerprint density at radius 3 is 2.21 bits per heavy atom. The second-order valence-corrected chi connectivity index (χ2v) is 5.96. The Morgan fingerprint density at radius 2 is 1.57 bits per heavy atom. The van der Waals surface area contributed by atoms with Crippen molar-refractivity contribution >= 4 is 23.5 Å². The van der Waals surface area contributed by atoms with E-state index in [0.29, 0.717) is 17.2 Å². The molecule has 0 bridgehead atoms. The number of benzene rings is 2. The topological polar surface area (TPSA) is 85.8 Å². The van der Waals surface area contributed by atoms with Gasteiger partial charge in [-0.15, -0.1) is 0 Å². The summed E-state index contributed by atoms with van der Waals surface area (Å²) in [5.41, 5.74) is 1.02. The lowest BCUT2D eigenvalue weighted by Crippen LogP contribution is -2.29. The maximum atomic E-state index is 12.5. The van der Waals surface area contributed by atoms with Gasteiger partial charge in [-0.05, 0) is 60.7 Å². The maximum Gasteiger partial charge on any atom is 0.343 e. The lowest BCUT2D eigenvalue weighted by Gasteiger charge is -2.14. The van der Waals surface area contributed by atoms with Gasteiger partial charge in [0.05, 0.1) is 23.9 Å². The van der Waals surface area contributed by atoms with Crippen LogP contribution >= 0.6 is 0 Å². The minimum Gasteiger partial charge on any atom is -0.497 e. The lowest BCUT2D eigenvalue weighted by atomic mass is 10.2. The van der Waals surface area contributed by atoms with E-state index < -0.39 is 17.8 Å². The number of aromatic nitrogens is 1. The van der Waals surface area contributed by atoms with Gasteiger partial charge in [-0.1, -0.05) is 0 Å². The Morgan fingerprint density at radius 1 is 0.893 bits per heavy atom. The van der Waals surface area contributed by atoms with Crippen LogP contribution in [0.3, 0.4) is 0 Å². The van der Waals surface area contributed by atoms with Gasteiger partial charge in [0.25, 0.3) is 11.8 Å². The number of imide groups is 1. The number of nitrogens with zero attached hydrogens (tertiary/aromatic N) is 2. The maximum absolute atomic E-state index is 12.5. The Labute approximate surface area is 160 Å². The number of hydrogen-bond acceptors (Lipinski definition) is 6. The molecule has 0 spiro atoms. The molecular weight excluding hydrogens is 360 g/mol. The molecule has 138 valence electrons. The molecule has 7 heteroatoms. The Bertz CT molecular complexity index is 1040. The zero-order valence-electron chi connectivity index (χ0n) is 14.8. The van der Waals surface area contributed by atoms with Gasteiger partial charge in [-0.25, -0.2) is 9.69 Å². The number of rotatable bonds is 4. The summed E-state index contributed by atoms with van der Waals surface area (Å²) in [6, 6.07) is 15.8. The van der Waals surface area contributed by atoms with Crippen LogP contribution < -0.4 is 14.4 Å². The Hall–Kier alpha value is -4.00. The molecule has 0 N–H and O–H groups in total. The van der Waals surface area contributed by atoms with E-state index in [1.165, 1.54) is 30.5 Å². The summed E-state index contributed by atoms with van der Waals surface area (Å²) in [5.74, 6) is -0.461. The lowest BCUT2D eigenvalue weighted by molar-refractivity contribution is 0.0734. The smallest absolute Gasteiger partial charge is 0.343 e. The molecule has 2 amide bonds. The number of fused-ring (bicyclic) bond motifs is 1. The summed E-state index contributed by atoms with van der Waals surface area (Å²) < 4.78 is 10.4. The zero-order chi connectivity index (χ0) is 19.7. The van der Waals surface area contributed by atoms with Crippen LogP contribution in [0.25, 0.3) is 0 Å². The van der Waals surface area contributed by atoms with Crippen molar-refractivity contribution in [3.8, 4) is 11.5 Å². The molecule has 2 heterocycles. The average Bonchev–Trinajstić information content (AvgIpc) is 2.99. The van der Waals surface area contributed by atoms with Crippen molar-refractivity contribution in [2.24, 2.45) is 0 Å². The van der Waals surface area contributed by atoms with Gasteiger partial charge < -0.3 is 9.47 Å². The predicted octanol–water partition coefficient (Wildman–Crippen LogP) is 3.11. The fourth-order valence-corrected chi connectivity index (χ4v) is 2.86. The molecule has 2 aromatic carbocycles. The first kappa shape index (κ1) is 17.4. The molecule has 4 rings (SSSR count). The summed E-state index contributed by atoms with van der Waals surface area (Å²) in [4.78, 5) is 42.3. The number of anilines is 1. The third-order valence-corrected chi connectivity index (χ3v) is 4.28. The summed E-state index contributed by atoms with van der Waals surface area (Å²) in [6.07, 6.45) is 1.46. The quantitative estimate of drug-likeness (QED) is 0.396. The Kier molecular flexibility index (Phi) is 4.33. The molecule has 0 aliphatic carbocycles. The van der Waals surface area contributed by atoms with Crippen LogP contribution in [0.2, 0.25) is 0 Å². The van der Waals surface area contributed by atoms with Crippen LogP contribution in [0.4, 0.5) is 5.69 Å². The SMILES string of the molecule is COc1ccc(OC(=O)c2ccc(N3C(=O)c4cccnc4C3=O)cc2)cc1. The number of amides is 2. The molecule has 7 nitrogen and oxygen atoms in total. The van der Waals surface area contributed by atoms with Crippen LogP contribution in [0.5, 0.6) is 11.5 Å². The summed E-state index contributed by atoms with van der Waals surface area (Å²) in [5, 5.41) is 0. The number of hydrogen-bond donors (Lipinski definition) is 0. The van der Waals surface area contributed by atoms with E-state index in [2.05, 4.69) is 4.98 Å². The van der Waals surface area contributed by atoms with Crippen molar-refractivity contribution in [3.63, 3.8) is 0 Å². The second-order valence-electron chi connectivity index (χ2n) is 5.96. The Balaban J connectivity index is 1.52. The van der Waals surface area contributed by atoms with Crippen LogP contribution in [-0.4, -0.2) is 29.9 Å². The number of ether oxygens (including phenoxy) is 2. The molecule has 3 aromatic rings. The van der Waals surface area contributed by atoms with Crippen molar-refractivity contribution in [2.75, 3.05) is 12.0 Å². The summed E-state index contributed by atoms with van der Waals surface area (Å²) >= 11 is 0. The summed E-state index contributed by atoms with van der Waals surface area (Å²) in [6.45, 7) is 0. The van der Waals surface area contributed by atoms with Gasteiger partial charge in [0.1, 0.15) is 17.2 Å². The van der Waals surface area contributed by atoms with Crippen molar-refractivity contribution in [2.45, 2.75) is 0 Å². The number of carbonyl (C=O) groups is 3. The van der Waals surface area contributed by atoms with Crippen LogP contribution in [0.15, 0.2) is 66.9 Å². The molecule has 0 saturated heterocycles. The first-order chi connectivity index (χ1) is 13.6. The highest BCUT2D eigenvalue weighted by Gasteiger charge is 2.37. The fraction of sp³-hybridized carbons (Fsp3) is 0.0476. The normalized spacial score (nSPS) is 12.7. The number of esters is 1. The monoisotopic (exact) mass is 374 g/mol. The van der Waals surface area contributed by atoms with Gasteiger partial charge in [0, 0.05) is 6.20 Å². The van der Waals surface area contributed by atoms with E-state index in [4.69, 9.17) is 9.47 Å². The number of pyridine rings is 1. The zero-order valence-corrected chi connectivity index (χ0v) is 14.8. The molecule has 0 radical (unpaired) electrons. The van der Waals surface area contributed by atoms with Gasteiger partial charge in [-0.2, -0.15) is 0 Å². The van der Waals surface area contributed by atoms with Crippen LogP contribution in [0, 0.1) is 0 Å². The van der Waals surface area contributed by atoms with E-state index >= 15 is 0 Å². The first-order valence-electron chi connectivity index (χ1n) is 8.38. The van der Waals surface area contributed by atoms with Gasteiger partial charge in [-0.3, -0.25) is 14.6 Å². The van der Waals surface area contributed by atoms with Gasteiger partial charge >= 0.3 is 5.97 Å². The standard InChI is InChI=1S/C21H14N2O5/c1-27-15-8-10-16(11-9-15)28-21(26)13-4-6-14(7-5-13)23-19(24)17-3-2-12-22-18(17)20(23)25/h2-12H,1H3. The second kappa shape index (κ2) is 6.96. The van der Waals surface area contributed by atoms with Gasteiger partial charge in [0.15, 0.2) is 0 Å². The number of methoxy groups -OCH3 is 1. The molecule has 0 fully saturated rings. The van der Waals surface area contributed by atoms with Crippen molar-refractivity contribution in [3.05, 3.63) is 83.7 Å². The van der Waals surface area contributed by atoms with Crippen LogP contribution in [0.1, 0.15) is 31.2 Å². The molecule has 0 atom stereocenters. The largest absolute Gasteiger partial charge is 0.497 e. The molecule has 0 saturated carbocycles. The minimum atomic E-state index is -0.555. The van der Waals surface area contributed by atoms with E-state index in [9.17, 15) is 14.4 Å². The predicted molar refractivity (Wildman–Crippen MR) is 99.8 cm³/mol. The molecule has 1 aliphatic rings. The average molecular weight is 374 g/mol. The third kappa shape index (κ3) is 2.99. The molecule has 1 aliphatic heterocycles. The van der Waals surface area contributed by atoms with Crippen molar-refractivity contribution < 1.29 is 23.9 Å². The fourth-order valence-electron chi connectivity index (χ4n) is 2.86. The molecule has 28 heavy (non-hydrogen) atoms. The van der Waals surface area contributed by atoms with E-state index in [0.717, 1.165) is 4.90 Å². The van der Waals surface area contributed by atoms with E-state index in [-0.39, 0.29) is 16.8 Å². The minimum absolute atomic E-state index is 0.121. The van der Waals surface area contributed by atoms with Gasteiger partial charge in [0.2, 0.25) is 0 Å². The highest BCUT2D eigenvalue weighted by Crippen LogP contribution is 2.27. The highest BCUT2D eigenvalue weighted by atomic mass is 16.5. The first-order valence-corrected chi connectivity index (χ1v) is 8.38. The molecular formula is C21H14N2O5. The summed E-state index contributed by atoms with van der Waals surface area (Å²) in [7, 11) is 1.55. The number of carbonyl (C=O) groups excluding carboxylic acids is 3. The molecule has 1 aromatic heterocycles. The van der Waals surface area contributed by atoms with Crippen LogP contribution in [-0.2, 0) is 0 Å². The van der Waals surface area contributed by atoms with Crippen molar-refractivity contribution in [1.82, 2.24) is 4.98 Å². The third-order valence-electron chi connectivity index (χ3n) is 4.28. The molecule has 0 unspecified atom stereocenters. The van der Waals surface area contributed by atoms with Crippen molar-refractivity contribution in [1.29, 1.82) is 0 Å². The highest BCUT2D eigenvalue weighted by molar-refractivity contribution is 6.33.